The van der Waals surface area contributed by atoms with Crippen LogP contribution in [0.3, 0.4) is 0 Å². The van der Waals surface area contributed by atoms with Crippen LogP contribution in [-0.2, 0) is 0 Å². The van der Waals surface area contributed by atoms with Crippen LogP contribution in [0.4, 0.5) is 27.1 Å². The van der Waals surface area contributed by atoms with Gasteiger partial charge in [-0.05, 0) is 36.8 Å². The Morgan fingerprint density at radius 1 is 1.17 bits per heavy atom. The van der Waals surface area contributed by atoms with Crippen molar-refractivity contribution in [2.75, 3.05) is 62.0 Å². The van der Waals surface area contributed by atoms with Crippen molar-refractivity contribution in [2.24, 2.45) is 0 Å². The van der Waals surface area contributed by atoms with Gasteiger partial charge < -0.3 is 20.1 Å². The predicted molar refractivity (Wildman–Crippen MR) is 157 cm³/mol. The second-order valence-electron chi connectivity index (χ2n) is 9.22. The third kappa shape index (κ3) is 6.70. The lowest BCUT2D eigenvalue weighted by Gasteiger charge is -2.34. The maximum atomic E-state index is 14.2. The smallest absolute Gasteiger partial charge is 0.267 e. The largest absolute Gasteiger partial charge is 0.496 e. The summed E-state index contributed by atoms with van der Waals surface area (Å²) in [4.78, 5) is 35.5. The minimum atomic E-state index is -0.459. The summed E-state index contributed by atoms with van der Waals surface area (Å²) in [6, 6.07) is 9.51. The predicted octanol–water partition coefficient (Wildman–Crippen LogP) is 4.21. The van der Waals surface area contributed by atoms with Gasteiger partial charge in [-0.2, -0.15) is 15.0 Å². The lowest BCUT2D eigenvalue weighted by molar-refractivity contribution is 0.103. The van der Waals surface area contributed by atoms with Crippen LogP contribution in [0.5, 0.6) is 5.75 Å². The highest BCUT2D eigenvalue weighted by Crippen LogP contribution is 2.32. The van der Waals surface area contributed by atoms with Crippen molar-refractivity contribution >= 4 is 51.6 Å². The third-order valence-corrected chi connectivity index (χ3v) is 7.73. The van der Waals surface area contributed by atoms with Crippen molar-refractivity contribution in [3.05, 3.63) is 63.9 Å². The van der Waals surface area contributed by atoms with E-state index >= 15 is 0 Å². The average molecular weight is 599 g/mol. The molecule has 1 saturated heterocycles. The van der Waals surface area contributed by atoms with E-state index in [2.05, 4.69) is 35.5 Å². The van der Waals surface area contributed by atoms with Crippen molar-refractivity contribution in [1.29, 1.82) is 0 Å². The summed E-state index contributed by atoms with van der Waals surface area (Å²) in [5.41, 5.74) is 1.74. The minimum absolute atomic E-state index is 0.0924. The lowest BCUT2D eigenvalue weighted by Crippen LogP contribution is -2.47. The molecule has 1 aliphatic rings. The Morgan fingerprint density at radius 3 is 2.71 bits per heavy atom. The molecular formula is C27H28ClFN8O3S. The van der Waals surface area contributed by atoms with Gasteiger partial charge in [-0.25, -0.2) is 9.37 Å². The molecule has 1 aliphatic heterocycles. The number of benzene rings is 2. The highest BCUT2D eigenvalue weighted by atomic mass is 35.5. The Bertz CT molecular complexity index is 1530. The van der Waals surface area contributed by atoms with Crippen molar-refractivity contribution in [3.63, 3.8) is 0 Å². The quantitative estimate of drug-likeness (QED) is 0.258. The average Bonchev–Trinajstić information content (AvgIpc) is 3.44. The summed E-state index contributed by atoms with van der Waals surface area (Å²) in [5, 5.41) is 16.0. The fourth-order valence-electron chi connectivity index (χ4n) is 4.35. The molecule has 1 fully saturated rings. The van der Waals surface area contributed by atoms with Crippen LogP contribution in [0.25, 0.3) is 11.4 Å². The topological polar surface area (TPSA) is 129 Å². The molecule has 4 aromatic rings. The second-order valence-corrected chi connectivity index (χ2v) is 10.7. The van der Waals surface area contributed by atoms with E-state index in [1.54, 1.807) is 6.07 Å². The van der Waals surface area contributed by atoms with Gasteiger partial charge in [0.05, 0.1) is 36.2 Å². The van der Waals surface area contributed by atoms with Crippen LogP contribution in [0, 0.1) is 12.7 Å². The van der Waals surface area contributed by atoms with Gasteiger partial charge in [-0.15, -0.1) is 0 Å². The highest BCUT2D eigenvalue weighted by molar-refractivity contribution is 7.17. The first kappa shape index (κ1) is 28.6. The van der Waals surface area contributed by atoms with Crippen LogP contribution < -0.4 is 20.3 Å². The number of rotatable bonds is 9. The zero-order valence-corrected chi connectivity index (χ0v) is 24.0. The highest BCUT2D eigenvalue weighted by Gasteiger charge is 2.22. The number of hydrogen-bond donors (Lipinski definition) is 3. The van der Waals surface area contributed by atoms with E-state index in [1.165, 1.54) is 31.5 Å². The molecule has 3 N–H and O–H groups in total. The molecule has 0 aliphatic carbocycles. The number of hydrogen-bond acceptors (Lipinski definition) is 11. The molecule has 5 rings (SSSR count). The number of aryl methyl sites for hydroxylation is 1. The molecule has 214 valence electrons. The van der Waals surface area contributed by atoms with Gasteiger partial charge in [-0.3, -0.25) is 15.0 Å². The summed E-state index contributed by atoms with van der Waals surface area (Å²) in [6.07, 6.45) is 1.45. The molecule has 14 heteroatoms. The maximum absolute atomic E-state index is 14.2. The number of ether oxygens (including phenoxy) is 1. The summed E-state index contributed by atoms with van der Waals surface area (Å²) in [7, 11) is 1.49. The first-order chi connectivity index (χ1) is 19.8. The van der Waals surface area contributed by atoms with Gasteiger partial charge in [0, 0.05) is 32.7 Å². The molecule has 3 heterocycles. The number of nitrogens with one attached hydrogen (secondary N) is 2. The second kappa shape index (κ2) is 12.7. The van der Waals surface area contributed by atoms with Crippen molar-refractivity contribution in [1.82, 2.24) is 24.8 Å². The number of amides is 1. The number of para-hydroxylation sites is 1. The number of carbonyl (C=O) groups excluding carboxylic acids is 1. The fourth-order valence-corrected chi connectivity index (χ4v) is 5.32. The summed E-state index contributed by atoms with van der Waals surface area (Å²) in [6.45, 7) is 5.26. The Balaban J connectivity index is 1.42. The van der Waals surface area contributed by atoms with E-state index in [-0.39, 0.29) is 24.3 Å². The van der Waals surface area contributed by atoms with E-state index in [4.69, 9.17) is 16.3 Å². The van der Waals surface area contributed by atoms with Crippen LogP contribution >= 0.6 is 22.9 Å². The molecule has 0 spiro atoms. The Hall–Kier alpha value is -3.91. The molecule has 0 saturated carbocycles. The van der Waals surface area contributed by atoms with Gasteiger partial charge in [0.2, 0.25) is 11.9 Å². The van der Waals surface area contributed by atoms with E-state index in [1.807, 2.05) is 24.0 Å². The molecule has 1 amide bonds. The molecule has 2 aromatic heterocycles. The number of anilines is 4. The molecular weight excluding hydrogens is 571 g/mol. The molecule has 0 unspecified atom stereocenters. The van der Waals surface area contributed by atoms with Crippen LogP contribution in [0.2, 0.25) is 5.02 Å². The first-order valence-corrected chi connectivity index (χ1v) is 14.0. The number of aromatic nitrogens is 4. The minimum Gasteiger partial charge on any atom is -0.496 e. The number of carbonyl (C=O) groups is 1. The number of aliphatic hydroxyl groups excluding tert-OH is 1. The zero-order valence-electron chi connectivity index (χ0n) is 22.4. The summed E-state index contributed by atoms with van der Waals surface area (Å²) in [5.74, 6) is 0.391. The SMILES string of the molecule is COc1ccc(F)cc1-c1nc(Nc2ncc(C(=O)Nc3c(C)cccc3Cl)s2)nc(N2CCN(CCO)CC2)n1. The summed E-state index contributed by atoms with van der Waals surface area (Å²) >= 11 is 7.38. The third-order valence-electron chi connectivity index (χ3n) is 6.51. The summed E-state index contributed by atoms with van der Waals surface area (Å²) < 4.78 is 19.7. The van der Waals surface area contributed by atoms with Crippen LogP contribution in [0.1, 0.15) is 15.2 Å². The Kier molecular flexibility index (Phi) is 8.88. The zero-order chi connectivity index (χ0) is 28.9. The van der Waals surface area contributed by atoms with E-state index in [9.17, 15) is 14.3 Å². The van der Waals surface area contributed by atoms with E-state index < -0.39 is 5.82 Å². The van der Waals surface area contributed by atoms with Gasteiger partial charge in [0.1, 0.15) is 16.4 Å². The molecule has 0 radical (unpaired) electrons. The number of nitrogens with zero attached hydrogens (tertiary/aromatic N) is 6. The van der Waals surface area contributed by atoms with Crippen molar-refractivity contribution in [2.45, 2.75) is 6.92 Å². The van der Waals surface area contributed by atoms with Crippen LogP contribution in [-0.4, -0.2) is 82.3 Å². The monoisotopic (exact) mass is 598 g/mol. The van der Waals surface area contributed by atoms with Gasteiger partial charge in [-0.1, -0.05) is 35.1 Å². The van der Waals surface area contributed by atoms with Gasteiger partial charge >= 0.3 is 0 Å². The number of halogens is 2. The number of methoxy groups -OCH3 is 1. The first-order valence-electron chi connectivity index (χ1n) is 12.8. The van der Waals surface area contributed by atoms with Crippen LogP contribution in [0.15, 0.2) is 42.6 Å². The van der Waals surface area contributed by atoms with Gasteiger partial charge in [0.15, 0.2) is 11.0 Å². The molecule has 2 aromatic carbocycles. The fraction of sp³-hybridized carbons (Fsp3) is 0.296. The normalized spacial score (nSPS) is 13.7. The Morgan fingerprint density at radius 2 is 1.98 bits per heavy atom. The van der Waals surface area contributed by atoms with E-state index in [0.717, 1.165) is 30.0 Å². The van der Waals surface area contributed by atoms with Crippen molar-refractivity contribution in [3.8, 4) is 17.1 Å². The maximum Gasteiger partial charge on any atom is 0.267 e. The number of aliphatic hydroxyl groups is 1. The number of β-amino-alcohol motifs (C(OH)–C–C–N with tert-alkyl or cyclic N) is 1. The van der Waals surface area contributed by atoms with E-state index in [0.29, 0.717) is 57.6 Å². The molecule has 0 bridgehead atoms. The molecule has 11 nitrogen and oxygen atoms in total. The van der Waals surface area contributed by atoms with Crippen molar-refractivity contribution < 1.29 is 19.0 Å². The Labute approximate surface area is 245 Å². The van der Waals surface area contributed by atoms with Gasteiger partial charge in [0.25, 0.3) is 5.91 Å². The lowest BCUT2D eigenvalue weighted by atomic mass is 10.2. The standard InChI is InChI=1S/C27H28ClFN8O3S/c1-16-4-3-5-19(28)22(16)31-24(39)21-15-30-27(41-21)35-25-32-23(18-14-17(29)6-7-20(18)40-2)33-26(34-25)37-10-8-36(9-11-37)12-13-38/h3-7,14-15,38H,8-13H2,1-2H3,(H,31,39)(H,30,32,33,34,35). The number of piperazine rings is 1. The molecule has 41 heavy (non-hydrogen) atoms. The molecule has 0 atom stereocenters. The number of thiazole rings is 1.